The first-order valence-corrected chi connectivity index (χ1v) is 12.3. The van der Waals surface area contributed by atoms with Crippen LogP contribution in [0.1, 0.15) is 0 Å². The van der Waals surface area contributed by atoms with Gasteiger partial charge in [0, 0.05) is 26.2 Å². The lowest BCUT2D eigenvalue weighted by atomic mass is 10.1. The Kier molecular flexibility index (Phi) is 6.28. The third-order valence-electron chi connectivity index (χ3n) is 6.43. The van der Waals surface area contributed by atoms with E-state index in [2.05, 4.69) is 46.0 Å². The number of hydrogen-bond donors (Lipinski definition) is 3. The van der Waals surface area contributed by atoms with Gasteiger partial charge in [0.1, 0.15) is 17.0 Å². The van der Waals surface area contributed by atoms with Gasteiger partial charge in [0.05, 0.1) is 56.2 Å². The summed E-state index contributed by atoms with van der Waals surface area (Å²) in [5.74, 6) is 2.06. The Labute approximate surface area is 222 Å². The number of aromatic nitrogens is 8. The first kappa shape index (κ1) is 24.4. The zero-order chi connectivity index (χ0) is 26.9. The summed E-state index contributed by atoms with van der Waals surface area (Å²) < 4.78 is 12.5. The van der Waals surface area contributed by atoms with Crippen LogP contribution in [0.3, 0.4) is 0 Å². The van der Waals surface area contributed by atoms with E-state index in [9.17, 15) is 4.79 Å². The van der Waals surface area contributed by atoms with E-state index in [1.807, 2.05) is 36.5 Å². The summed E-state index contributed by atoms with van der Waals surface area (Å²) in [6.45, 7) is 3.08. The fraction of sp³-hybridized carbons (Fsp3) is 0.280. The number of methoxy groups -OCH3 is 1. The Morgan fingerprint density at radius 2 is 1.90 bits per heavy atom. The number of fused-ring (bicyclic) bond motifs is 1. The number of nitrogens with zero attached hydrogens (tertiary/aromatic N) is 8. The van der Waals surface area contributed by atoms with Gasteiger partial charge >= 0.3 is 0 Å². The van der Waals surface area contributed by atoms with Crippen molar-refractivity contribution in [2.24, 2.45) is 14.1 Å². The summed E-state index contributed by atoms with van der Waals surface area (Å²) in [7, 11) is 4.91. The Balaban J connectivity index is 1.35. The Hall–Kier alpha value is -4.98. The molecule has 3 N–H and O–H groups in total. The molecule has 0 atom stereocenters. The van der Waals surface area contributed by atoms with Gasteiger partial charge in [-0.1, -0.05) is 6.07 Å². The van der Waals surface area contributed by atoms with E-state index in [1.165, 1.54) is 9.48 Å². The van der Waals surface area contributed by atoms with Gasteiger partial charge in [0.2, 0.25) is 5.82 Å². The van der Waals surface area contributed by atoms with Crippen LogP contribution in [-0.2, 0) is 18.8 Å². The third-order valence-corrected chi connectivity index (χ3v) is 6.43. The van der Waals surface area contributed by atoms with E-state index in [4.69, 9.17) is 9.47 Å². The number of para-hydroxylation sites is 1. The van der Waals surface area contributed by atoms with Crippen LogP contribution in [0.2, 0.25) is 0 Å². The van der Waals surface area contributed by atoms with Gasteiger partial charge in [-0.3, -0.25) is 14.6 Å². The van der Waals surface area contributed by atoms with Crippen molar-refractivity contribution in [3.8, 4) is 17.1 Å². The minimum atomic E-state index is -0.217. The molecular weight excluding hydrogens is 502 g/mol. The van der Waals surface area contributed by atoms with E-state index < -0.39 is 0 Å². The van der Waals surface area contributed by atoms with Crippen LogP contribution in [0.5, 0.6) is 5.75 Å². The second-order valence-electron chi connectivity index (χ2n) is 8.99. The quantitative estimate of drug-likeness (QED) is 0.284. The predicted octanol–water partition coefficient (Wildman–Crippen LogP) is 2.18. The maximum absolute atomic E-state index is 13.0. The molecule has 0 bridgehead atoms. The van der Waals surface area contributed by atoms with E-state index in [0.717, 1.165) is 18.8 Å². The van der Waals surface area contributed by atoms with Crippen LogP contribution in [-0.4, -0.2) is 73.4 Å². The number of benzene rings is 1. The highest BCUT2D eigenvalue weighted by atomic mass is 16.5. The highest BCUT2D eigenvalue weighted by Gasteiger charge is 2.19. The minimum absolute atomic E-state index is 0.217. The molecule has 39 heavy (non-hydrogen) atoms. The van der Waals surface area contributed by atoms with Crippen LogP contribution in [0, 0.1) is 0 Å². The molecule has 0 saturated carbocycles. The standard InChI is InChI=1S/C25H27N11O3/c1-34-25(37)21-18(27-17-6-4-5-16(22(17)38-3)23-30-33-35(2)32-23)13-20(29-24(21)31-34)28-19-8-7-15(14-26-19)36-9-11-39-12-10-36/h4-8,13-14H,9-12H2,1-3H3,(H3,26,27,28,29,31). The molecule has 1 aliphatic rings. The van der Waals surface area contributed by atoms with E-state index in [1.54, 1.807) is 27.3 Å². The van der Waals surface area contributed by atoms with Crippen molar-refractivity contribution < 1.29 is 9.47 Å². The molecule has 0 radical (unpaired) electrons. The van der Waals surface area contributed by atoms with Crippen molar-refractivity contribution in [1.82, 2.24) is 40.0 Å². The molecule has 14 nitrogen and oxygen atoms in total. The van der Waals surface area contributed by atoms with Crippen molar-refractivity contribution in [3.63, 3.8) is 0 Å². The maximum atomic E-state index is 13.0. The number of ether oxygens (including phenoxy) is 2. The molecule has 5 heterocycles. The van der Waals surface area contributed by atoms with Gasteiger partial charge in [-0.15, -0.1) is 10.2 Å². The number of H-pyrrole nitrogens is 1. The van der Waals surface area contributed by atoms with Gasteiger partial charge in [-0.2, -0.15) is 4.80 Å². The molecule has 1 saturated heterocycles. The van der Waals surface area contributed by atoms with Crippen molar-refractivity contribution in [3.05, 3.63) is 52.9 Å². The highest BCUT2D eigenvalue weighted by molar-refractivity contribution is 5.94. The van der Waals surface area contributed by atoms with Crippen LogP contribution < -0.4 is 25.8 Å². The summed E-state index contributed by atoms with van der Waals surface area (Å²) in [6, 6.07) is 11.2. The van der Waals surface area contributed by atoms with Crippen LogP contribution in [0.25, 0.3) is 22.4 Å². The Morgan fingerprint density at radius 3 is 2.62 bits per heavy atom. The predicted molar refractivity (Wildman–Crippen MR) is 146 cm³/mol. The van der Waals surface area contributed by atoms with Crippen molar-refractivity contribution >= 4 is 39.7 Å². The molecule has 0 amide bonds. The molecule has 5 aromatic rings. The van der Waals surface area contributed by atoms with Crippen molar-refractivity contribution in [1.29, 1.82) is 0 Å². The lowest BCUT2D eigenvalue weighted by Gasteiger charge is -2.28. The maximum Gasteiger partial charge on any atom is 0.277 e. The molecule has 14 heteroatoms. The van der Waals surface area contributed by atoms with Crippen LogP contribution in [0.15, 0.2) is 47.4 Å². The monoisotopic (exact) mass is 529 g/mol. The third kappa shape index (κ3) is 4.72. The fourth-order valence-corrected chi connectivity index (χ4v) is 4.55. The van der Waals surface area contributed by atoms with Crippen LogP contribution >= 0.6 is 0 Å². The van der Waals surface area contributed by atoms with Crippen molar-refractivity contribution in [2.45, 2.75) is 0 Å². The molecule has 0 unspecified atom stereocenters. The average molecular weight is 530 g/mol. The smallest absolute Gasteiger partial charge is 0.277 e. The number of morpholine rings is 1. The molecule has 6 rings (SSSR count). The number of tetrazole rings is 1. The zero-order valence-corrected chi connectivity index (χ0v) is 21.7. The summed E-state index contributed by atoms with van der Waals surface area (Å²) >= 11 is 0. The number of pyridine rings is 2. The minimum Gasteiger partial charge on any atom is -0.494 e. The molecular formula is C25H27N11O3. The molecule has 1 fully saturated rings. The summed E-state index contributed by atoms with van der Waals surface area (Å²) in [5, 5.41) is 22.3. The number of anilines is 5. The van der Waals surface area contributed by atoms with Crippen molar-refractivity contribution in [2.75, 3.05) is 48.9 Å². The Morgan fingerprint density at radius 1 is 1.05 bits per heavy atom. The topological polar surface area (TPSA) is 153 Å². The Bertz CT molecular complexity index is 1680. The normalized spacial score (nSPS) is 13.6. The second-order valence-corrected chi connectivity index (χ2v) is 8.99. The van der Waals surface area contributed by atoms with Gasteiger partial charge in [-0.25, -0.2) is 9.97 Å². The lowest BCUT2D eigenvalue weighted by Crippen LogP contribution is -2.36. The average Bonchev–Trinajstić information content (AvgIpc) is 3.51. The molecule has 200 valence electrons. The second kappa shape index (κ2) is 10.1. The van der Waals surface area contributed by atoms with Gasteiger partial charge in [-0.05, 0) is 29.5 Å². The number of nitrogens with one attached hydrogen (secondary N) is 3. The SMILES string of the molecule is COc1c(Nc2cc(Nc3ccc(N4CCOCC4)cn3)nc3[nH]n(C)c(=O)c23)cccc1-c1nnn(C)n1. The number of rotatable bonds is 7. The summed E-state index contributed by atoms with van der Waals surface area (Å²) in [4.78, 5) is 25.8. The molecule has 1 aromatic carbocycles. The van der Waals surface area contributed by atoms with E-state index in [0.29, 0.717) is 64.4 Å². The van der Waals surface area contributed by atoms with E-state index >= 15 is 0 Å². The molecule has 4 aromatic heterocycles. The lowest BCUT2D eigenvalue weighted by molar-refractivity contribution is 0.122. The number of aromatic amines is 1. The number of hydrogen-bond acceptors (Lipinski definition) is 11. The molecule has 0 aliphatic carbocycles. The van der Waals surface area contributed by atoms with Gasteiger partial charge in [0.15, 0.2) is 11.4 Å². The number of aryl methyl sites for hydroxylation is 2. The summed E-state index contributed by atoms with van der Waals surface area (Å²) in [5.41, 5.74) is 3.06. The van der Waals surface area contributed by atoms with Gasteiger partial charge < -0.3 is 25.0 Å². The van der Waals surface area contributed by atoms with Gasteiger partial charge in [0.25, 0.3) is 5.56 Å². The highest BCUT2D eigenvalue weighted by Crippen LogP contribution is 2.37. The molecule has 0 spiro atoms. The summed E-state index contributed by atoms with van der Waals surface area (Å²) in [6.07, 6.45) is 1.83. The first-order chi connectivity index (χ1) is 19.0. The van der Waals surface area contributed by atoms with Crippen LogP contribution in [0.4, 0.5) is 28.7 Å². The zero-order valence-electron chi connectivity index (χ0n) is 21.7. The largest absolute Gasteiger partial charge is 0.494 e. The molecule has 1 aliphatic heterocycles. The van der Waals surface area contributed by atoms with E-state index in [-0.39, 0.29) is 5.56 Å². The first-order valence-electron chi connectivity index (χ1n) is 12.3. The fourth-order valence-electron chi connectivity index (χ4n) is 4.55.